The van der Waals surface area contributed by atoms with Crippen LogP contribution in [0.1, 0.15) is 18.4 Å². The molecule has 0 bridgehead atoms. The van der Waals surface area contributed by atoms with Gasteiger partial charge in [0.05, 0.1) is 10.3 Å². The molecule has 1 aromatic carbocycles. The largest absolute Gasteiger partial charge is 0.481 e. The molecule has 1 fully saturated rings. The van der Waals surface area contributed by atoms with Crippen LogP contribution in [-0.2, 0) is 10.2 Å². The second-order valence-corrected chi connectivity index (χ2v) is 4.72. The minimum absolute atomic E-state index is 0.130. The number of benzene rings is 1. The summed E-state index contributed by atoms with van der Waals surface area (Å²) in [6.45, 7) is 0. The van der Waals surface area contributed by atoms with E-state index in [9.17, 15) is 14.9 Å². The van der Waals surface area contributed by atoms with E-state index in [4.69, 9.17) is 5.11 Å². The number of carboxylic acid groups (broad SMARTS) is 1. The Balaban J connectivity index is 2.57. The summed E-state index contributed by atoms with van der Waals surface area (Å²) in [5.41, 5.74) is -0.870. The van der Waals surface area contributed by atoms with E-state index in [-0.39, 0.29) is 5.69 Å². The zero-order chi connectivity index (χ0) is 11.9. The van der Waals surface area contributed by atoms with E-state index >= 15 is 0 Å². The number of carbonyl (C=O) groups is 1. The van der Waals surface area contributed by atoms with Crippen molar-refractivity contribution >= 4 is 27.6 Å². The lowest BCUT2D eigenvalue weighted by Crippen LogP contribution is -2.20. The average Bonchev–Trinajstić information content (AvgIpc) is 2.98. The maximum atomic E-state index is 11.1. The number of nitro groups is 1. The molecule has 1 saturated carbocycles. The summed E-state index contributed by atoms with van der Waals surface area (Å²) in [5.74, 6) is -0.988. The lowest BCUT2D eigenvalue weighted by molar-refractivity contribution is -0.385. The first-order chi connectivity index (χ1) is 7.47. The third kappa shape index (κ3) is 1.59. The maximum Gasteiger partial charge on any atom is 0.314 e. The Morgan fingerprint density at radius 3 is 2.56 bits per heavy atom. The second-order valence-electron chi connectivity index (χ2n) is 3.81. The molecule has 1 aromatic rings. The van der Waals surface area contributed by atoms with E-state index in [1.54, 1.807) is 6.07 Å². The Labute approximate surface area is 99.4 Å². The molecule has 84 valence electrons. The number of halogens is 1. The van der Waals surface area contributed by atoms with Crippen LogP contribution < -0.4 is 0 Å². The van der Waals surface area contributed by atoms with Crippen molar-refractivity contribution in [3.63, 3.8) is 0 Å². The number of nitrogens with zero attached hydrogens (tertiary/aromatic N) is 1. The quantitative estimate of drug-likeness (QED) is 0.683. The van der Waals surface area contributed by atoms with E-state index in [0.29, 0.717) is 22.9 Å². The summed E-state index contributed by atoms with van der Waals surface area (Å²) < 4.78 is 0.573. The van der Waals surface area contributed by atoms with Gasteiger partial charge in [0.1, 0.15) is 0 Å². The number of nitro benzene ring substituents is 1. The highest BCUT2D eigenvalue weighted by molar-refractivity contribution is 9.10. The van der Waals surface area contributed by atoms with Crippen LogP contribution in [0.4, 0.5) is 5.69 Å². The highest BCUT2D eigenvalue weighted by Gasteiger charge is 2.54. The Morgan fingerprint density at radius 2 is 2.12 bits per heavy atom. The lowest BCUT2D eigenvalue weighted by Gasteiger charge is -2.10. The van der Waals surface area contributed by atoms with Crippen LogP contribution in [0.3, 0.4) is 0 Å². The van der Waals surface area contributed by atoms with Crippen molar-refractivity contribution in [2.24, 2.45) is 0 Å². The Morgan fingerprint density at radius 1 is 1.50 bits per heavy atom. The summed E-state index contributed by atoms with van der Waals surface area (Å²) in [5, 5.41) is 20.0. The first kappa shape index (κ1) is 11.1. The highest BCUT2D eigenvalue weighted by atomic mass is 79.9. The molecule has 0 saturated heterocycles. The van der Waals surface area contributed by atoms with Crippen LogP contribution in [0.5, 0.6) is 0 Å². The van der Waals surface area contributed by atoms with Crippen LogP contribution in [0.25, 0.3) is 0 Å². The van der Waals surface area contributed by atoms with Crippen LogP contribution in [0.15, 0.2) is 22.7 Å². The standard InChI is InChI=1S/C10H8BrNO4/c11-6-1-2-7(8(5-6)12(15)16)10(3-4-10)9(13)14/h1-2,5H,3-4H2,(H,13,14). The van der Waals surface area contributed by atoms with E-state index in [1.807, 2.05) is 0 Å². The summed E-state index contributed by atoms with van der Waals surface area (Å²) >= 11 is 3.14. The SMILES string of the molecule is O=C(O)C1(c2ccc(Br)cc2[N+](=O)[O-])CC1. The van der Waals surface area contributed by atoms with Gasteiger partial charge in [-0.3, -0.25) is 14.9 Å². The Kier molecular flexibility index (Phi) is 2.46. The molecule has 6 heteroatoms. The van der Waals surface area contributed by atoms with Crippen LogP contribution in [0, 0.1) is 10.1 Å². The van der Waals surface area contributed by atoms with Gasteiger partial charge >= 0.3 is 5.97 Å². The second kappa shape index (κ2) is 3.55. The number of hydrogen-bond donors (Lipinski definition) is 1. The molecule has 0 aliphatic heterocycles. The van der Waals surface area contributed by atoms with Crippen molar-refractivity contribution in [2.45, 2.75) is 18.3 Å². The third-order valence-electron chi connectivity index (χ3n) is 2.83. The zero-order valence-corrected chi connectivity index (χ0v) is 9.73. The molecule has 0 radical (unpaired) electrons. The normalized spacial score (nSPS) is 16.8. The predicted molar refractivity (Wildman–Crippen MR) is 59.3 cm³/mol. The number of hydrogen-bond acceptors (Lipinski definition) is 3. The average molecular weight is 286 g/mol. The highest BCUT2D eigenvalue weighted by Crippen LogP contribution is 2.51. The Bertz CT molecular complexity index is 482. The molecular weight excluding hydrogens is 278 g/mol. The first-order valence-electron chi connectivity index (χ1n) is 4.65. The van der Waals surface area contributed by atoms with Gasteiger partial charge in [-0.1, -0.05) is 15.9 Å². The molecule has 2 rings (SSSR count). The number of carboxylic acids is 1. The molecule has 5 nitrogen and oxygen atoms in total. The van der Waals surface area contributed by atoms with E-state index < -0.39 is 16.3 Å². The molecule has 0 spiro atoms. The van der Waals surface area contributed by atoms with Crippen LogP contribution in [0.2, 0.25) is 0 Å². The van der Waals surface area contributed by atoms with Crippen LogP contribution >= 0.6 is 15.9 Å². The zero-order valence-electron chi connectivity index (χ0n) is 8.14. The van der Waals surface area contributed by atoms with Crippen molar-refractivity contribution in [2.75, 3.05) is 0 Å². The smallest absolute Gasteiger partial charge is 0.314 e. The van der Waals surface area contributed by atoms with Crippen molar-refractivity contribution in [1.82, 2.24) is 0 Å². The number of rotatable bonds is 3. The predicted octanol–water partition coefficient (Wildman–Crippen LogP) is 2.47. The lowest BCUT2D eigenvalue weighted by atomic mass is 9.94. The molecule has 1 aliphatic carbocycles. The molecular formula is C10H8BrNO4. The van der Waals surface area contributed by atoms with Crippen molar-refractivity contribution in [1.29, 1.82) is 0 Å². The summed E-state index contributed by atoms with van der Waals surface area (Å²) in [4.78, 5) is 21.4. The molecule has 0 aromatic heterocycles. The number of aliphatic carboxylic acids is 1. The monoisotopic (exact) mass is 285 g/mol. The summed E-state index contributed by atoms with van der Waals surface area (Å²) in [7, 11) is 0. The molecule has 16 heavy (non-hydrogen) atoms. The molecule has 1 aliphatic rings. The minimum atomic E-state index is -1.04. The first-order valence-corrected chi connectivity index (χ1v) is 5.44. The summed E-state index contributed by atoms with van der Waals surface area (Å²) in [6, 6.07) is 4.49. The van der Waals surface area contributed by atoms with Crippen molar-refractivity contribution in [3.05, 3.63) is 38.3 Å². The Hall–Kier alpha value is -1.43. The minimum Gasteiger partial charge on any atom is -0.481 e. The van der Waals surface area contributed by atoms with Gasteiger partial charge in [-0.15, -0.1) is 0 Å². The van der Waals surface area contributed by atoms with Crippen molar-refractivity contribution < 1.29 is 14.8 Å². The molecule has 0 atom stereocenters. The van der Waals surface area contributed by atoms with Gasteiger partial charge in [-0.05, 0) is 25.0 Å². The van der Waals surface area contributed by atoms with E-state index in [0.717, 1.165) is 0 Å². The van der Waals surface area contributed by atoms with Gasteiger partial charge in [0.25, 0.3) is 5.69 Å². The van der Waals surface area contributed by atoms with E-state index in [1.165, 1.54) is 12.1 Å². The molecule has 1 N–H and O–H groups in total. The van der Waals surface area contributed by atoms with Gasteiger partial charge < -0.3 is 5.11 Å². The van der Waals surface area contributed by atoms with Gasteiger partial charge in [-0.25, -0.2) is 0 Å². The topological polar surface area (TPSA) is 80.4 Å². The molecule has 0 heterocycles. The fourth-order valence-corrected chi connectivity index (χ4v) is 2.13. The third-order valence-corrected chi connectivity index (χ3v) is 3.32. The van der Waals surface area contributed by atoms with Crippen LogP contribution in [-0.4, -0.2) is 16.0 Å². The van der Waals surface area contributed by atoms with Gasteiger partial charge in [0.15, 0.2) is 0 Å². The maximum absolute atomic E-state index is 11.1. The van der Waals surface area contributed by atoms with Gasteiger partial charge in [0, 0.05) is 16.1 Å². The van der Waals surface area contributed by atoms with Gasteiger partial charge in [0.2, 0.25) is 0 Å². The fourth-order valence-electron chi connectivity index (χ4n) is 1.78. The molecule has 0 amide bonds. The summed E-state index contributed by atoms with van der Waals surface area (Å²) in [6.07, 6.45) is 0.926. The molecule has 0 unspecified atom stereocenters. The van der Waals surface area contributed by atoms with Crippen molar-refractivity contribution in [3.8, 4) is 0 Å². The van der Waals surface area contributed by atoms with E-state index in [2.05, 4.69) is 15.9 Å². The fraction of sp³-hybridized carbons (Fsp3) is 0.300. The van der Waals surface area contributed by atoms with Gasteiger partial charge in [-0.2, -0.15) is 0 Å².